The van der Waals surface area contributed by atoms with E-state index in [9.17, 15) is 10.1 Å². The molecule has 0 aliphatic carbocycles. The highest BCUT2D eigenvalue weighted by Crippen LogP contribution is 2.26. The van der Waals surface area contributed by atoms with E-state index < -0.39 is 0 Å². The molecule has 6 heteroatoms. The molecular formula is C13H20N2O3S. The van der Waals surface area contributed by atoms with E-state index in [4.69, 9.17) is 5.11 Å². The van der Waals surface area contributed by atoms with Crippen molar-refractivity contribution < 1.29 is 10.0 Å². The first-order valence-corrected chi connectivity index (χ1v) is 7.54. The number of nitro benzene ring substituents is 1. The van der Waals surface area contributed by atoms with Crippen LogP contribution in [0.15, 0.2) is 18.2 Å². The topological polar surface area (TPSA) is 75.4 Å². The van der Waals surface area contributed by atoms with Crippen LogP contribution in [0.5, 0.6) is 0 Å². The van der Waals surface area contributed by atoms with Crippen molar-refractivity contribution in [2.75, 3.05) is 24.2 Å². The molecule has 106 valence electrons. The molecule has 19 heavy (non-hydrogen) atoms. The first kappa shape index (κ1) is 15.8. The molecule has 0 aliphatic rings. The van der Waals surface area contributed by atoms with Gasteiger partial charge in [-0.1, -0.05) is 6.92 Å². The normalized spacial score (nSPS) is 10.4. The van der Waals surface area contributed by atoms with Crippen molar-refractivity contribution in [1.82, 2.24) is 0 Å². The zero-order chi connectivity index (χ0) is 14.1. The standard InChI is InChI=1S/C13H20N2O3S/c1-2-6-14-13-5-4-12(15(17)18)9-11(13)10-19-8-3-7-16/h4-5,9,14,16H,2-3,6-8,10H2,1H3. The Hall–Kier alpha value is -1.27. The van der Waals surface area contributed by atoms with Crippen LogP contribution >= 0.6 is 11.8 Å². The molecule has 1 aromatic rings. The fourth-order valence-electron chi connectivity index (χ4n) is 1.59. The summed E-state index contributed by atoms with van der Waals surface area (Å²) < 4.78 is 0. The second-order valence-electron chi connectivity index (χ2n) is 4.16. The molecule has 0 aromatic heterocycles. The Bertz CT molecular complexity index is 413. The number of non-ortho nitro benzene ring substituents is 1. The van der Waals surface area contributed by atoms with Crippen LogP contribution < -0.4 is 5.32 Å². The molecule has 0 fully saturated rings. The quantitative estimate of drug-likeness (QED) is 0.414. The highest BCUT2D eigenvalue weighted by molar-refractivity contribution is 7.98. The highest BCUT2D eigenvalue weighted by Gasteiger charge is 2.10. The molecule has 5 nitrogen and oxygen atoms in total. The van der Waals surface area contributed by atoms with Crippen LogP contribution in [0.2, 0.25) is 0 Å². The number of thioether (sulfide) groups is 1. The van der Waals surface area contributed by atoms with Gasteiger partial charge in [-0.15, -0.1) is 0 Å². The van der Waals surface area contributed by atoms with Gasteiger partial charge in [0.15, 0.2) is 0 Å². The van der Waals surface area contributed by atoms with E-state index in [0.29, 0.717) is 5.75 Å². The molecular weight excluding hydrogens is 264 g/mol. The minimum Gasteiger partial charge on any atom is -0.396 e. The fourth-order valence-corrected chi connectivity index (χ4v) is 2.53. The van der Waals surface area contributed by atoms with E-state index in [1.807, 2.05) is 0 Å². The number of rotatable bonds is 9. The van der Waals surface area contributed by atoms with E-state index in [0.717, 1.165) is 36.4 Å². The first-order chi connectivity index (χ1) is 9.19. The molecule has 0 amide bonds. The van der Waals surface area contributed by atoms with Gasteiger partial charge in [0.2, 0.25) is 0 Å². The molecule has 0 saturated heterocycles. The summed E-state index contributed by atoms with van der Waals surface area (Å²) in [4.78, 5) is 10.4. The van der Waals surface area contributed by atoms with Crippen LogP contribution in [-0.4, -0.2) is 28.9 Å². The molecule has 0 spiro atoms. The lowest BCUT2D eigenvalue weighted by molar-refractivity contribution is -0.384. The van der Waals surface area contributed by atoms with Gasteiger partial charge in [0, 0.05) is 36.7 Å². The van der Waals surface area contributed by atoms with Crippen molar-refractivity contribution in [2.24, 2.45) is 0 Å². The Balaban J connectivity index is 2.75. The van der Waals surface area contributed by atoms with Gasteiger partial charge in [0.1, 0.15) is 0 Å². The fraction of sp³-hybridized carbons (Fsp3) is 0.538. The van der Waals surface area contributed by atoms with Crippen molar-refractivity contribution in [3.63, 3.8) is 0 Å². The average molecular weight is 284 g/mol. The Labute approximate surface area is 117 Å². The maximum absolute atomic E-state index is 10.8. The van der Waals surface area contributed by atoms with Crippen LogP contribution in [0.25, 0.3) is 0 Å². The number of benzene rings is 1. The van der Waals surface area contributed by atoms with Crippen molar-refractivity contribution in [3.8, 4) is 0 Å². The average Bonchev–Trinajstić information content (AvgIpc) is 2.41. The Kier molecular flexibility index (Phi) is 7.28. The largest absolute Gasteiger partial charge is 0.396 e. The number of anilines is 1. The third-order valence-corrected chi connectivity index (χ3v) is 3.66. The Morgan fingerprint density at radius 2 is 2.26 bits per heavy atom. The van der Waals surface area contributed by atoms with Gasteiger partial charge in [-0.05, 0) is 30.2 Å². The van der Waals surface area contributed by atoms with Gasteiger partial charge >= 0.3 is 0 Å². The van der Waals surface area contributed by atoms with Crippen molar-refractivity contribution >= 4 is 23.1 Å². The first-order valence-electron chi connectivity index (χ1n) is 6.38. The lowest BCUT2D eigenvalue weighted by Gasteiger charge is -2.11. The summed E-state index contributed by atoms with van der Waals surface area (Å²) in [7, 11) is 0. The highest BCUT2D eigenvalue weighted by atomic mass is 32.2. The molecule has 0 saturated carbocycles. The number of nitrogens with zero attached hydrogens (tertiary/aromatic N) is 1. The predicted molar refractivity (Wildman–Crippen MR) is 79.7 cm³/mol. The Morgan fingerprint density at radius 3 is 2.89 bits per heavy atom. The molecule has 0 unspecified atom stereocenters. The lowest BCUT2D eigenvalue weighted by atomic mass is 10.1. The van der Waals surface area contributed by atoms with Crippen LogP contribution in [0.3, 0.4) is 0 Å². The molecule has 2 N–H and O–H groups in total. The van der Waals surface area contributed by atoms with E-state index in [1.54, 1.807) is 23.9 Å². The summed E-state index contributed by atoms with van der Waals surface area (Å²) in [6, 6.07) is 4.93. The zero-order valence-corrected chi connectivity index (χ0v) is 11.9. The van der Waals surface area contributed by atoms with E-state index in [2.05, 4.69) is 12.2 Å². The number of nitrogens with one attached hydrogen (secondary N) is 1. The number of aliphatic hydroxyl groups excluding tert-OH is 1. The number of aliphatic hydroxyl groups is 1. The van der Waals surface area contributed by atoms with Crippen LogP contribution in [0, 0.1) is 10.1 Å². The maximum Gasteiger partial charge on any atom is 0.269 e. The summed E-state index contributed by atoms with van der Waals surface area (Å²) in [5.41, 5.74) is 2.04. The molecule has 0 heterocycles. The third-order valence-electron chi connectivity index (χ3n) is 2.57. The second-order valence-corrected chi connectivity index (χ2v) is 5.26. The van der Waals surface area contributed by atoms with Gasteiger partial charge < -0.3 is 10.4 Å². The Morgan fingerprint density at radius 1 is 1.47 bits per heavy atom. The van der Waals surface area contributed by atoms with Crippen molar-refractivity contribution in [3.05, 3.63) is 33.9 Å². The molecule has 0 bridgehead atoms. The minimum absolute atomic E-state index is 0.125. The van der Waals surface area contributed by atoms with Crippen molar-refractivity contribution in [2.45, 2.75) is 25.5 Å². The second kappa shape index (κ2) is 8.77. The monoisotopic (exact) mass is 284 g/mol. The minimum atomic E-state index is -0.370. The predicted octanol–water partition coefficient (Wildman–Crippen LogP) is 3.03. The summed E-state index contributed by atoms with van der Waals surface area (Å²) in [5.74, 6) is 1.57. The SMILES string of the molecule is CCCNc1ccc([N+](=O)[O-])cc1CSCCCO. The van der Waals surface area contributed by atoms with Gasteiger partial charge in [-0.3, -0.25) is 10.1 Å². The van der Waals surface area contributed by atoms with Gasteiger partial charge in [-0.2, -0.15) is 11.8 Å². The van der Waals surface area contributed by atoms with E-state index >= 15 is 0 Å². The van der Waals surface area contributed by atoms with Gasteiger partial charge in [-0.25, -0.2) is 0 Å². The third kappa shape index (κ3) is 5.48. The molecule has 1 aromatic carbocycles. The number of nitro groups is 1. The molecule has 0 radical (unpaired) electrons. The summed E-state index contributed by atoms with van der Waals surface area (Å²) in [5, 5.41) is 22.8. The van der Waals surface area contributed by atoms with Crippen LogP contribution in [0.4, 0.5) is 11.4 Å². The maximum atomic E-state index is 10.8. The molecule has 1 rings (SSSR count). The summed E-state index contributed by atoms with van der Waals surface area (Å²) in [6.07, 6.45) is 1.76. The van der Waals surface area contributed by atoms with E-state index in [1.165, 1.54) is 6.07 Å². The lowest BCUT2D eigenvalue weighted by Crippen LogP contribution is -2.03. The van der Waals surface area contributed by atoms with Crippen LogP contribution in [0.1, 0.15) is 25.3 Å². The number of hydrogen-bond acceptors (Lipinski definition) is 5. The molecule has 0 aliphatic heterocycles. The van der Waals surface area contributed by atoms with Crippen molar-refractivity contribution in [1.29, 1.82) is 0 Å². The van der Waals surface area contributed by atoms with Gasteiger partial charge in [0.25, 0.3) is 5.69 Å². The molecule has 0 atom stereocenters. The number of hydrogen-bond donors (Lipinski definition) is 2. The van der Waals surface area contributed by atoms with Gasteiger partial charge in [0.05, 0.1) is 4.92 Å². The van der Waals surface area contributed by atoms with Crippen LogP contribution in [-0.2, 0) is 5.75 Å². The smallest absolute Gasteiger partial charge is 0.269 e. The summed E-state index contributed by atoms with van der Waals surface area (Å²) >= 11 is 1.68. The zero-order valence-electron chi connectivity index (χ0n) is 11.1. The van der Waals surface area contributed by atoms with E-state index in [-0.39, 0.29) is 17.2 Å². The summed E-state index contributed by atoms with van der Waals surface area (Å²) in [6.45, 7) is 3.11.